The number of amides is 1. The van der Waals surface area contributed by atoms with Crippen LogP contribution < -0.4 is 4.74 Å². The van der Waals surface area contributed by atoms with E-state index in [-0.39, 0.29) is 44.1 Å². The van der Waals surface area contributed by atoms with Crippen molar-refractivity contribution < 1.29 is 50.5 Å². The smallest absolute Gasteiger partial charge is 0.454 e. The maximum Gasteiger partial charge on any atom is 0.454 e. The molecular weight excluding hydrogens is 560 g/mol. The number of nitrogens with zero attached hydrogens (tertiary/aromatic N) is 3. The number of aliphatic hydroxyl groups excluding tert-OH is 1. The summed E-state index contributed by atoms with van der Waals surface area (Å²) in [6, 6.07) is 6.07. The van der Waals surface area contributed by atoms with Crippen LogP contribution in [-0.2, 0) is 9.53 Å². The molecule has 0 unspecified atom stereocenters. The second kappa shape index (κ2) is 12.2. The number of likely N-dealkylation sites (tertiary alicyclic amines) is 2. The molecule has 0 bridgehead atoms. The van der Waals surface area contributed by atoms with Gasteiger partial charge in [-0.25, -0.2) is 9.18 Å². The third-order valence-electron chi connectivity index (χ3n) is 7.27. The fourth-order valence-corrected chi connectivity index (χ4v) is 4.93. The van der Waals surface area contributed by atoms with E-state index in [4.69, 9.17) is 4.74 Å². The third-order valence-corrected chi connectivity index (χ3v) is 7.27. The van der Waals surface area contributed by atoms with E-state index < -0.39 is 48.5 Å². The Hall–Kier alpha value is -3.39. The summed E-state index contributed by atoms with van der Waals surface area (Å²) in [7, 11) is 1.16. The first kappa shape index (κ1) is 30.6. The summed E-state index contributed by atoms with van der Waals surface area (Å²) < 4.78 is 89.2. The fourth-order valence-electron chi connectivity index (χ4n) is 4.93. The molecule has 0 aliphatic carbocycles. The molecule has 2 saturated heterocycles. The molecule has 2 atom stereocenters. The number of piperidine rings is 1. The van der Waals surface area contributed by atoms with Crippen molar-refractivity contribution in [3.8, 4) is 17.0 Å². The molecule has 1 N–H and O–H groups in total. The van der Waals surface area contributed by atoms with Crippen LogP contribution in [0.5, 0.6) is 5.75 Å². The van der Waals surface area contributed by atoms with Crippen LogP contribution in [0, 0.1) is 11.7 Å². The highest BCUT2D eigenvalue weighted by Gasteiger charge is 2.58. The summed E-state index contributed by atoms with van der Waals surface area (Å²) in [4.78, 5) is 31.3. The number of hydrogen-bond acceptors (Lipinski definition) is 7. The first-order valence-electron chi connectivity index (χ1n) is 12.9. The van der Waals surface area contributed by atoms with E-state index >= 15 is 0 Å². The van der Waals surface area contributed by atoms with Crippen molar-refractivity contribution in [2.75, 3.05) is 39.9 Å². The SMILES string of the molecule is COC(=O)[C@@H]1C[C@@H](O)CN1C(=O)c1ccc(-c2ccc(OCC3CCN(CC(F)(F)C(F)(F)F)CC3)cn2)cc1F. The summed E-state index contributed by atoms with van der Waals surface area (Å²) in [6.07, 6.45) is -4.29. The second-order valence-electron chi connectivity index (χ2n) is 10.2. The van der Waals surface area contributed by atoms with Gasteiger partial charge >= 0.3 is 18.1 Å². The van der Waals surface area contributed by atoms with E-state index in [1.807, 2.05) is 0 Å². The number of β-amino-alcohol motifs (C(OH)–C–C–N with tert-alkyl or cyclic N) is 1. The molecule has 1 aromatic heterocycles. The number of methoxy groups -OCH3 is 1. The van der Waals surface area contributed by atoms with E-state index in [9.17, 15) is 41.0 Å². The Morgan fingerprint density at radius 2 is 1.80 bits per heavy atom. The molecule has 1 aromatic carbocycles. The Labute approximate surface area is 231 Å². The molecule has 2 fully saturated rings. The van der Waals surface area contributed by atoms with Gasteiger partial charge in [0.05, 0.1) is 43.8 Å². The van der Waals surface area contributed by atoms with Crippen LogP contribution in [0.3, 0.4) is 0 Å². The Morgan fingerprint density at radius 1 is 1.10 bits per heavy atom. The molecule has 0 spiro atoms. The number of ether oxygens (including phenoxy) is 2. The summed E-state index contributed by atoms with van der Waals surface area (Å²) in [5, 5.41) is 9.90. The van der Waals surface area contributed by atoms with Crippen molar-refractivity contribution in [2.45, 2.75) is 43.5 Å². The summed E-state index contributed by atoms with van der Waals surface area (Å²) in [5.74, 6) is -6.67. The largest absolute Gasteiger partial charge is 0.492 e. The van der Waals surface area contributed by atoms with Gasteiger partial charge in [0.15, 0.2) is 0 Å². The number of rotatable bonds is 8. The molecule has 14 heteroatoms. The highest BCUT2D eigenvalue weighted by atomic mass is 19.4. The van der Waals surface area contributed by atoms with E-state index in [2.05, 4.69) is 9.72 Å². The average Bonchev–Trinajstić information content (AvgIpc) is 3.33. The van der Waals surface area contributed by atoms with Crippen molar-refractivity contribution in [1.82, 2.24) is 14.8 Å². The Morgan fingerprint density at radius 3 is 2.39 bits per heavy atom. The number of pyridine rings is 1. The first-order valence-corrected chi connectivity index (χ1v) is 12.9. The number of esters is 1. The van der Waals surface area contributed by atoms with Gasteiger partial charge in [-0.1, -0.05) is 6.07 Å². The predicted molar refractivity (Wildman–Crippen MR) is 133 cm³/mol. The van der Waals surface area contributed by atoms with Crippen LogP contribution in [0.25, 0.3) is 11.3 Å². The van der Waals surface area contributed by atoms with Crippen LogP contribution in [0.4, 0.5) is 26.3 Å². The van der Waals surface area contributed by atoms with Gasteiger partial charge in [-0.2, -0.15) is 22.0 Å². The highest BCUT2D eigenvalue weighted by Crippen LogP contribution is 2.37. The number of aromatic nitrogens is 1. The predicted octanol–water partition coefficient (Wildman–Crippen LogP) is 3.92. The zero-order valence-corrected chi connectivity index (χ0v) is 22.0. The summed E-state index contributed by atoms with van der Waals surface area (Å²) >= 11 is 0. The normalized spacial score (nSPS) is 20.7. The molecule has 0 radical (unpaired) electrons. The number of alkyl halides is 5. The maximum atomic E-state index is 15.0. The standard InChI is InChI=1S/C27H29F6N3O5/c1-40-25(39)23-11-18(37)13-36(23)24(38)20-4-2-17(10-21(20)28)22-5-3-19(12-34-22)41-14-16-6-8-35(9-7-16)15-26(29,30)27(31,32)33/h2-5,10,12,16,18,23,37H,6-9,11,13-15H2,1H3/t18-,23+/m1/s1. The third kappa shape index (κ3) is 7.10. The number of halogens is 6. The van der Waals surface area contributed by atoms with Crippen LogP contribution in [0.1, 0.15) is 29.6 Å². The van der Waals surface area contributed by atoms with E-state index in [0.717, 1.165) is 23.0 Å². The zero-order chi connectivity index (χ0) is 29.9. The molecule has 0 saturated carbocycles. The molecule has 3 heterocycles. The molecule has 2 aliphatic heterocycles. The van der Waals surface area contributed by atoms with Gasteiger partial charge in [0.1, 0.15) is 17.6 Å². The van der Waals surface area contributed by atoms with Gasteiger partial charge in [0.2, 0.25) is 0 Å². The van der Waals surface area contributed by atoms with Crippen molar-refractivity contribution in [2.24, 2.45) is 5.92 Å². The Kier molecular flexibility index (Phi) is 9.12. The van der Waals surface area contributed by atoms with Crippen LogP contribution in [0.2, 0.25) is 0 Å². The fraction of sp³-hybridized carbons (Fsp3) is 0.519. The minimum absolute atomic E-state index is 0.00345. The van der Waals surface area contributed by atoms with E-state index in [1.165, 1.54) is 18.3 Å². The zero-order valence-electron chi connectivity index (χ0n) is 22.0. The topological polar surface area (TPSA) is 92.2 Å². The van der Waals surface area contributed by atoms with Gasteiger partial charge in [-0.15, -0.1) is 0 Å². The van der Waals surface area contributed by atoms with Crippen molar-refractivity contribution in [1.29, 1.82) is 0 Å². The molecule has 4 rings (SSSR count). The lowest BCUT2D eigenvalue weighted by Gasteiger charge is -2.34. The highest BCUT2D eigenvalue weighted by molar-refractivity contribution is 5.97. The number of hydrogen-bond donors (Lipinski definition) is 1. The number of carbonyl (C=O) groups excluding carboxylic acids is 2. The monoisotopic (exact) mass is 589 g/mol. The molecule has 8 nitrogen and oxygen atoms in total. The summed E-state index contributed by atoms with van der Waals surface area (Å²) in [5.41, 5.74) is 0.489. The summed E-state index contributed by atoms with van der Waals surface area (Å²) in [6.45, 7) is -1.06. The quantitative estimate of drug-likeness (QED) is 0.369. The molecule has 224 valence electrons. The number of benzene rings is 1. The lowest BCUT2D eigenvalue weighted by Crippen LogP contribution is -2.49. The molecule has 2 aliphatic rings. The van der Waals surface area contributed by atoms with Crippen LogP contribution >= 0.6 is 0 Å². The molecule has 1 amide bonds. The lowest BCUT2D eigenvalue weighted by molar-refractivity contribution is -0.287. The maximum absolute atomic E-state index is 15.0. The molecular formula is C27H29F6N3O5. The Bertz CT molecular complexity index is 1230. The number of aliphatic hydroxyl groups is 1. The second-order valence-corrected chi connectivity index (χ2v) is 10.2. The minimum atomic E-state index is -5.58. The van der Waals surface area contributed by atoms with Crippen LogP contribution in [-0.4, -0.2) is 95.9 Å². The van der Waals surface area contributed by atoms with Gasteiger partial charge in [-0.05, 0) is 56.1 Å². The van der Waals surface area contributed by atoms with E-state index in [0.29, 0.717) is 29.8 Å². The molecule has 2 aromatic rings. The number of carbonyl (C=O) groups is 2. The average molecular weight is 590 g/mol. The van der Waals surface area contributed by atoms with Crippen molar-refractivity contribution in [3.05, 3.63) is 47.9 Å². The van der Waals surface area contributed by atoms with Gasteiger partial charge in [0.25, 0.3) is 5.91 Å². The first-order chi connectivity index (χ1) is 19.3. The van der Waals surface area contributed by atoms with Crippen molar-refractivity contribution in [3.63, 3.8) is 0 Å². The van der Waals surface area contributed by atoms with Crippen molar-refractivity contribution >= 4 is 11.9 Å². The van der Waals surface area contributed by atoms with Gasteiger partial charge in [-0.3, -0.25) is 14.7 Å². The molecule has 41 heavy (non-hydrogen) atoms. The van der Waals surface area contributed by atoms with Crippen LogP contribution in [0.15, 0.2) is 36.5 Å². The van der Waals surface area contributed by atoms with Gasteiger partial charge < -0.3 is 19.5 Å². The van der Waals surface area contributed by atoms with E-state index in [1.54, 1.807) is 12.1 Å². The lowest BCUT2D eigenvalue weighted by atomic mass is 9.97. The minimum Gasteiger partial charge on any atom is -0.492 e. The Balaban J connectivity index is 1.31. The van der Waals surface area contributed by atoms with Gasteiger partial charge in [0, 0.05) is 18.5 Å².